The monoisotopic (exact) mass is 203 g/mol. The molecule has 15 heavy (non-hydrogen) atoms. The molecule has 2 rings (SSSR count). The Kier molecular flexibility index (Phi) is 3.79. The molecule has 0 fully saturated rings. The van der Waals surface area contributed by atoms with Gasteiger partial charge >= 0.3 is 0 Å². The predicted octanol–water partition coefficient (Wildman–Crippen LogP) is 3.16. The van der Waals surface area contributed by atoms with Crippen LogP contribution in [0.25, 0.3) is 0 Å². The number of allylic oxidation sites excluding steroid dienone is 4. The van der Waals surface area contributed by atoms with Gasteiger partial charge in [-0.2, -0.15) is 0 Å². The molecule has 0 spiro atoms. The van der Waals surface area contributed by atoms with Crippen molar-refractivity contribution in [3.05, 3.63) is 36.0 Å². The molecule has 1 aliphatic heterocycles. The zero-order valence-corrected chi connectivity index (χ0v) is 9.65. The molecule has 0 amide bonds. The normalized spacial score (nSPS) is 31.8. The molecule has 1 heteroatoms. The van der Waals surface area contributed by atoms with E-state index in [4.69, 9.17) is 0 Å². The van der Waals surface area contributed by atoms with Crippen LogP contribution in [0.2, 0.25) is 0 Å². The smallest absolute Gasteiger partial charge is 0.0145 e. The first-order chi connectivity index (χ1) is 7.36. The molecule has 1 heterocycles. The Bertz CT molecular complexity index is 286. The summed E-state index contributed by atoms with van der Waals surface area (Å²) in [7, 11) is 2.24. The minimum atomic E-state index is 0.623. The molecule has 1 unspecified atom stereocenters. The summed E-state index contributed by atoms with van der Waals surface area (Å²) < 4.78 is 0. The largest absolute Gasteiger partial charge is 0.305 e. The topological polar surface area (TPSA) is 3.24 Å². The van der Waals surface area contributed by atoms with Crippen molar-refractivity contribution in [2.45, 2.75) is 25.7 Å². The lowest BCUT2D eigenvalue weighted by atomic mass is 9.92. The summed E-state index contributed by atoms with van der Waals surface area (Å²) in [6, 6.07) is 0. The van der Waals surface area contributed by atoms with Crippen molar-refractivity contribution in [1.82, 2.24) is 4.90 Å². The molecule has 0 bridgehead atoms. The maximum absolute atomic E-state index is 2.47. The van der Waals surface area contributed by atoms with E-state index in [0.29, 0.717) is 5.92 Å². The minimum absolute atomic E-state index is 0.623. The minimum Gasteiger partial charge on any atom is -0.305 e. The van der Waals surface area contributed by atoms with Crippen molar-refractivity contribution in [3.8, 4) is 0 Å². The van der Waals surface area contributed by atoms with Gasteiger partial charge in [0.05, 0.1) is 0 Å². The van der Waals surface area contributed by atoms with Crippen LogP contribution in [-0.4, -0.2) is 25.0 Å². The third kappa shape index (κ3) is 3.07. The summed E-state index contributed by atoms with van der Waals surface area (Å²) in [6.45, 7) is 2.42. The van der Waals surface area contributed by atoms with Crippen LogP contribution < -0.4 is 0 Å². The first-order valence-corrected chi connectivity index (χ1v) is 6.10. The molecule has 0 aromatic heterocycles. The number of hydrogen-bond donors (Lipinski definition) is 0. The highest BCUT2D eigenvalue weighted by atomic mass is 15.1. The SMILES string of the molecule is CN1CCCCC/C=C2/C=CC=CC2C1. The molecular formula is C14H21N. The third-order valence-electron chi connectivity index (χ3n) is 3.30. The lowest BCUT2D eigenvalue weighted by Crippen LogP contribution is -2.27. The van der Waals surface area contributed by atoms with Crippen LogP contribution in [0.15, 0.2) is 36.0 Å². The Morgan fingerprint density at radius 2 is 2.13 bits per heavy atom. The van der Waals surface area contributed by atoms with Crippen molar-refractivity contribution in [3.63, 3.8) is 0 Å². The molecule has 0 aromatic carbocycles. The van der Waals surface area contributed by atoms with Crippen molar-refractivity contribution in [1.29, 1.82) is 0 Å². The Morgan fingerprint density at radius 3 is 3.07 bits per heavy atom. The van der Waals surface area contributed by atoms with Crippen LogP contribution in [0, 0.1) is 5.92 Å². The van der Waals surface area contributed by atoms with Crippen LogP contribution >= 0.6 is 0 Å². The lowest BCUT2D eigenvalue weighted by Gasteiger charge is -2.25. The van der Waals surface area contributed by atoms with Gasteiger partial charge in [0.1, 0.15) is 0 Å². The van der Waals surface area contributed by atoms with Gasteiger partial charge in [0.25, 0.3) is 0 Å². The third-order valence-corrected chi connectivity index (χ3v) is 3.30. The van der Waals surface area contributed by atoms with E-state index >= 15 is 0 Å². The van der Waals surface area contributed by atoms with E-state index in [1.54, 1.807) is 0 Å². The highest BCUT2D eigenvalue weighted by Gasteiger charge is 2.14. The molecule has 82 valence electrons. The summed E-state index contributed by atoms with van der Waals surface area (Å²) in [5.74, 6) is 0.623. The van der Waals surface area contributed by atoms with Gasteiger partial charge in [-0.3, -0.25) is 0 Å². The van der Waals surface area contributed by atoms with E-state index in [9.17, 15) is 0 Å². The molecule has 2 aliphatic rings. The second kappa shape index (κ2) is 5.32. The first kappa shape index (κ1) is 10.7. The lowest BCUT2D eigenvalue weighted by molar-refractivity contribution is 0.304. The van der Waals surface area contributed by atoms with Gasteiger partial charge < -0.3 is 4.90 Å². The Morgan fingerprint density at radius 1 is 1.20 bits per heavy atom. The number of rotatable bonds is 0. The highest BCUT2D eigenvalue weighted by Crippen LogP contribution is 2.22. The number of hydrogen-bond acceptors (Lipinski definition) is 1. The highest BCUT2D eigenvalue weighted by molar-refractivity contribution is 5.33. The fourth-order valence-electron chi connectivity index (χ4n) is 2.38. The van der Waals surface area contributed by atoms with Crippen LogP contribution in [0.5, 0.6) is 0 Å². The maximum atomic E-state index is 2.47. The Balaban J connectivity index is 2.09. The zero-order valence-electron chi connectivity index (χ0n) is 9.65. The van der Waals surface area contributed by atoms with Gasteiger partial charge in [0.15, 0.2) is 0 Å². The second-order valence-corrected chi connectivity index (χ2v) is 4.67. The fraction of sp³-hybridized carbons (Fsp3) is 0.571. The molecule has 1 aliphatic carbocycles. The van der Waals surface area contributed by atoms with Crippen LogP contribution in [0.1, 0.15) is 25.7 Å². The quantitative estimate of drug-likeness (QED) is 0.584. The predicted molar refractivity (Wildman–Crippen MR) is 65.8 cm³/mol. The van der Waals surface area contributed by atoms with Gasteiger partial charge in [-0.15, -0.1) is 0 Å². The van der Waals surface area contributed by atoms with Crippen molar-refractivity contribution in [2.24, 2.45) is 5.92 Å². The van der Waals surface area contributed by atoms with Crippen molar-refractivity contribution >= 4 is 0 Å². The van der Waals surface area contributed by atoms with Gasteiger partial charge in [-0.25, -0.2) is 0 Å². The number of fused-ring (bicyclic) bond motifs is 1. The van der Waals surface area contributed by atoms with Gasteiger partial charge in [-0.1, -0.05) is 36.8 Å². The van der Waals surface area contributed by atoms with E-state index in [1.165, 1.54) is 44.3 Å². The van der Waals surface area contributed by atoms with E-state index in [2.05, 4.69) is 42.3 Å². The van der Waals surface area contributed by atoms with Gasteiger partial charge in [0, 0.05) is 12.5 Å². The van der Waals surface area contributed by atoms with Gasteiger partial charge in [-0.05, 0) is 38.4 Å². The summed E-state index contributed by atoms with van der Waals surface area (Å²) >= 11 is 0. The maximum Gasteiger partial charge on any atom is 0.0145 e. The molecule has 0 saturated carbocycles. The molecular weight excluding hydrogens is 182 g/mol. The Hall–Kier alpha value is -0.820. The van der Waals surface area contributed by atoms with Gasteiger partial charge in [0.2, 0.25) is 0 Å². The molecule has 1 nitrogen and oxygen atoms in total. The summed E-state index contributed by atoms with van der Waals surface area (Å²) in [4.78, 5) is 2.47. The zero-order chi connectivity index (χ0) is 10.5. The second-order valence-electron chi connectivity index (χ2n) is 4.67. The van der Waals surface area contributed by atoms with Crippen LogP contribution in [0.3, 0.4) is 0 Å². The first-order valence-electron chi connectivity index (χ1n) is 6.10. The standard InChI is InChI=1S/C14H21N/c1-15-11-7-3-2-4-8-13-9-5-6-10-14(13)12-15/h5-6,8-10,14H,2-4,7,11-12H2,1H3/b13-8-. The number of nitrogens with zero attached hydrogens (tertiary/aromatic N) is 1. The average Bonchev–Trinajstić information content (AvgIpc) is 2.25. The van der Waals surface area contributed by atoms with Crippen molar-refractivity contribution in [2.75, 3.05) is 20.1 Å². The van der Waals surface area contributed by atoms with E-state index < -0.39 is 0 Å². The average molecular weight is 203 g/mol. The summed E-state index contributed by atoms with van der Waals surface area (Å²) in [5.41, 5.74) is 1.52. The van der Waals surface area contributed by atoms with E-state index in [-0.39, 0.29) is 0 Å². The van der Waals surface area contributed by atoms with Crippen LogP contribution in [-0.2, 0) is 0 Å². The van der Waals surface area contributed by atoms with Crippen LogP contribution in [0.4, 0.5) is 0 Å². The molecule has 0 N–H and O–H groups in total. The molecule has 0 radical (unpaired) electrons. The van der Waals surface area contributed by atoms with E-state index in [1.807, 2.05) is 0 Å². The molecule has 0 saturated heterocycles. The fourth-order valence-corrected chi connectivity index (χ4v) is 2.38. The molecule has 1 atom stereocenters. The Labute approximate surface area is 93.2 Å². The molecule has 0 aromatic rings. The van der Waals surface area contributed by atoms with E-state index in [0.717, 1.165) is 0 Å². The van der Waals surface area contributed by atoms with Crippen molar-refractivity contribution < 1.29 is 0 Å². The summed E-state index contributed by atoms with van der Waals surface area (Å²) in [6.07, 6.45) is 16.7. The summed E-state index contributed by atoms with van der Waals surface area (Å²) in [5, 5.41) is 0.